The smallest absolute Gasteiger partial charge is 0.386 e. The van der Waals surface area contributed by atoms with Crippen LogP contribution in [-0.4, -0.2) is 48.9 Å². The minimum absolute atomic E-state index is 0.0833. The highest BCUT2D eigenvalue weighted by atomic mass is 31.2. The highest BCUT2D eigenvalue weighted by Crippen LogP contribution is 2.44. The molecule has 4 atom stereocenters. The lowest BCUT2D eigenvalue weighted by atomic mass is 9.97. The van der Waals surface area contributed by atoms with Crippen molar-refractivity contribution in [2.45, 2.75) is 24.1 Å². The molecule has 1 aromatic rings. The van der Waals surface area contributed by atoms with E-state index in [4.69, 9.17) is 20.3 Å². The summed E-state index contributed by atoms with van der Waals surface area (Å²) in [5.74, 6) is -0.0833. The quantitative estimate of drug-likeness (QED) is 0.389. The maximum Gasteiger partial charge on any atom is 0.469 e. The number of nitrogens with zero attached hydrogens (tertiary/aromatic N) is 2. The molecule has 0 amide bonds. The van der Waals surface area contributed by atoms with Crippen LogP contribution >= 0.6 is 7.82 Å². The number of halogens is 1. The molecule has 23 heavy (non-hydrogen) atoms. The normalized spacial score (nSPS) is 31.2. The van der Waals surface area contributed by atoms with E-state index in [-0.39, 0.29) is 5.82 Å². The number of hydrogen-bond donors (Lipinski definition) is 4. The number of nitrogens with two attached hydrogens (primary N) is 1. The van der Waals surface area contributed by atoms with Crippen molar-refractivity contribution in [3.05, 3.63) is 35.4 Å². The number of phosphoric acid groups is 1. The van der Waals surface area contributed by atoms with Gasteiger partial charge in [0, 0.05) is 6.20 Å². The van der Waals surface area contributed by atoms with E-state index in [0.717, 1.165) is 16.8 Å². The molecule has 0 radical (unpaired) electrons. The third kappa shape index (κ3) is 3.50. The van der Waals surface area contributed by atoms with Gasteiger partial charge >= 0.3 is 13.5 Å². The van der Waals surface area contributed by atoms with E-state index in [1.165, 1.54) is 6.07 Å². The van der Waals surface area contributed by atoms with Gasteiger partial charge in [-0.25, -0.2) is 13.8 Å². The molecule has 10 nitrogen and oxygen atoms in total. The molecule has 0 saturated carbocycles. The number of aliphatic hydroxyl groups excluding tert-OH is 1. The van der Waals surface area contributed by atoms with Crippen molar-refractivity contribution in [2.24, 2.45) is 0 Å². The fourth-order valence-electron chi connectivity index (χ4n) is 2.15. The Balaban J connectivity index is 2.34. The third-order valence-electron chi connectivity index (χ3n) is 3.34. The lowest BCUT2D eigenvalue weighted by molar-refractivity contribution is -0.0965. The zero-order chi connectivity index (χ0) is 17.4. The minimum Gasteiger partial charge on any atom is -0.386 e. The van der Waals surface area contributed by atoms with Crippen molar-refractivity contribution in [1.82, 2.24) is 9.55 Å². The average Bonchev–Trinajstić information content (AvgIpc) is 2.70. The maximum atomic E-state index is 14.4. The Morgan fingerprint density at radius 3 is 2.83 bits per heavy atom. The highest BCUT2D eigenvalue weighted by Gasteiger charge is 2.55. The van der Waals surface area contributed by atoms with Gasteiger partial charge in [0.2, 0.25) is 0 Å². The fourth-order valence-corrected chi connectivity index (χ4v) is 2.52. The van der Waals surface area contributed by atoms with Crippen LogP contribution < -0.4 is 11.4 Å². The first-order valence-corrected chi connectivity index (χ1v) is 7.81. The summed E-state index contributed by atoms with van der Waals surface area (Å²) in [7, 11) is -4.89. The Labute approximate surface area is 129 Å². The van der Waals surface area contributed by atoms with Crippen LogP contribution in [0.1, 0.15) is 6.23 Å². The first-order valence-electron chi connectivity index (χ1n) is 6.28. The number of alkyl halides is 1. The molecule has 2 heterocycles. The first kappa shape index (κ1) is 17.7. The molecular formula is C11H15FN3O7P. The van der Waals surface area contributed by atoms with Gasteiger partial charge in [0.15, 0.2) is 12.4 Å². The van der Waals surface area contributed by atoms with E-state index in [1.54, 1.807) is 0 Å². The van der Waals surface area contributed by atoms with Gasteiger partial charge < -0.3 is 25.4 Å². The number of aliphatic hydroxyl groups is 1. The number of rotatable bonds is 5. The van der Waals surface area contributed by atoms with Crippen LogP contribution in [0.5, 0.6) is 0 Å². The van der Waals surface area contributed by atoms with E-state index < -0.39 is 44.2 Å². The van der Waals surface area contributed by atoms with Gasteiger partial charge in [-0.3, -0.25) is 9.09 Å². The molecule has 1 fully saturated rings. The molecule has 1 saturated heterocycles. The van der Waals surface area contributed by atoms with Crippen LogP contribution in [0, 0.1) is 0 Å². The fraction of sp³-hybridized carbons (Fsp3) is 0.455. The van der Waals surface area contributed by atoms with Crippen molar-refractivity contribution in [2.75, 3.05) is 12.3 Å². The second-order valence-electron chi connectivity index (χ2n) is 4.86. The Hall–Kier alpha value is -1.62. The van der Waals surface area contributed by atoms with E-state index in [0.29, 0.717) is 0 Å². The molecule has 12 heteroatoms. The van der Waals surface area contributed by atoms with Gasteiger partial charge in [-0.05, 0) is 6.07 Å². The molecule has 1 aliphatic heterocycles. The predicted molar refractivity (Wildman–Crippen MR) is 74.9 cm³/mol. The van der Waals surface area contributed by atoms with Crippen molar-refractivity contribution < 1.29 is 33.1 Å². The van der Waals surface area contributed by atoms with Gasteiger partial charge in [-0.15, -0.1) is 6.58 Å². The molecule has 0 bridgehead atoms. The SMILES string of the molecule is C=C[C@]1(COP(=O)(O)O)OC(n2ccc(N)nc2=O)[C@H](F)[C@@H]1O. The third-order valence-corrected chi connectivity index (χ3v) is 3.81. The summed E-state index contributed by atoms with van der Waals surface area (Å²) in [5, 5.41) is 10.0. The van der Waals surface area contributed by atoms with Crippen molar-refractivity contribution in [3.63, 3.8) is 0 Å². The highest BCUT2D eigenvalue weighted by molar-refractivity contribution is 7.46. The lowest BCUT2D eigenvalue weighted by Gasteiger charge is -2.27. The largest absolute Gasteiger partial charge is 0.469 e. The zero-order valence-corrected chi connectivity index (χ0v) is 12.5. The van der Waals surface area contributed by atoms with Crippen LogP contribution in [0.2, 0.25) is 0 Å². The average molecular weight is 351 g/mol. The molecule has 0 aromatic carbocycles. The predicted octanol–water partition coefficient (Wildman–Crippen LogP) is -0.913. The number of nitrogen functional groups attached to an aromatic ring is 1. The maximum absolute atomic E-state index is 14.4. The molecule has 1 aliphatic rings. The summed E-state index contributed by atoms with van der Waals surface area (Å²) in [6, 6.07) is 1.23. The van der Waals surface area contributed by atoms with Gasteiger partial charge in [0.25, 0.3) is 0 Å². The van der Waals surface area contributed by atoms with Crippen molar-refractivity contribution in [3.8, 4) is 0 Å². The van der Waals surface area contributed by atoms with E-state index in [2.05, 4.69) is 16.1 Å². The van der Waals surface area contributed by atoms with Gasteiger partial charge in [-0.2, -0.15) is 4.98 Å². The molecule has 1 unspecified atom stereocenters. The molecule has 1 aromatic heterocycles. The Bertz CT molecular complexity index is 707. The second-order valence-corrected chi connectivity index (χ2v) is 6.10. The zero-order valence-electron chi connectivity index (χ0n) is 11.6. The number of ether oxygens (including phenoxy) is 1. The number of phosphoric ester groups is 1. The Kier molecular flexibility index (Phi) is 4.71. The number of hydrogen-bond acceptors (Lipinski definition) is 7. The Morgan fingerprint density at radius 1 is 1.65 bits per heavy atom. The van der Waals surface area contributed by atoms with Crippen molar-refractivity contribution >= 4 is 13.6 Å². The topological polar surface area (TPSA) is 157 Å². The summed E-state index contributed by atoms with van der Waals surface area (Å²) < 4.78 is 35.5. The molecular weight excluding hydrogens is 336 g/mol. The number of aromatic nitrogens is 2. The summed E-state index contributed by atoms with van der Waals surface area (Å²) in [6.07, 6.45) is -3.49. The van der Waals surface area contributed by atoms with Crippen molar-refractivity contribution in [1.29, 1.82) is 0 Å². The molecule has 128 valence electrons. The van der Waals surface area contributed by atoms with E-state index in [9.17, 15) is 18.9 Å². The van der Waals surface area contributed by atoms with Gasteiger partial charge in [-0.1, -0.05) is 6.08 Å². The molecule has 5 N–H and O–H groups in total. The lowest BCUT2D eigenvalue weighted by Crippen LogP contribution is -2.44. The van der Waals surface area contributed by atoms with Crippen LogP contribution in [0.3, 0.4) is 0 Å². The van der Waals surface area contributed by atoms with E-state index >= 15 is 0 Å². The monoisotopic (exact) mass is 351 g/mol. The number of anilines is 1. The van der Waals surface area contributed by atoms with Crippen LogP contribution in [0.25, 0.3) is 0 Å². The van der Waals surface area contributed by atoms with Crippen LogP contribution in [-0.2, 0) is 13.8 Å². The van der Waals surface area contributed by atoms with Gasteiger partial charge in [0.05, 0.1) is 6.61 Å². The molecule has 0 aliphatic carbocycles. The second kappa shape index (κ2) is 6.11. The van der Waals surface area contributed by atoms with Crippen LogP contribution in [0.4, 0.5) is 10.2 Å². The van der Waals surface area contributed by atoms with E-state index in [1.807, 2.05) is 0 Å². The summed E-state index contributed by atoms with van der Waals surface area (Å²) in [4.78, 5) is 32.7. The summed E-state index contributed by atoms with van der Waals surface area (Å²) >= 11 is 0. The summed E-state index contributed by atoms with van der Waals surface area (Å²) in [5.41, 5.74) is 2.46. The first-order chi connectivity index (χ1) is 10.6. The standard InChI is InChI=1S/C11H15FN3O7P/c1-2-11(5-21-23(18,19)20)8(16)7(12)9(22-11)15-4-3-6(13)14-10(15)17/h2-4,7-9,16H,1,5H2,(H2,13,14,17)(H2,18,19,20)/t7-,8+,9?,11-/m1/s1. The summed E-state index contributed by atoms with van der Waals surface area (Å²) in [6.45, 7) is 2.49. The van der Waals surface area contributed by atoms with Crippen LogP contribution in [0.15, 0.2) is 29.7 Å². The van der Waals surface area contributed by atoms with Gasteiger partial charge in [0.1, 0.15) is 17.5 Å². The Morgan fingerprint density at radius 2 is 2.30 bits per heavy atom. The minimum atomic E-state index is -4.89. The molecule has 0 spiro atoms. The molecule has 2 rings (SSSR count).